The summed E-state index contributed by atoms with van der Waals surface area (Å²) in [5, 5.41) is 8.46. The largest absolute Gasteiger partial charge is 0.395 e. The molecule has 5 N–H and O–H groups in total. The lowest BCUT2D eigenvalue weighted by Crippen LogP contribution is -2.28. The molecule has 0 rings (SSSR count). The first-order chi connectivity index (χ1) is 11.5. The van der Waals surface area contributed by atoms with Gasteiger partial charge in [0.15, 0.2) is 0 Å². The van der Waals surface area contributed by atoms with Crippen molar-refractivity contribution in [3.05, 3.63) is 0 Å². The molecule has 25 heavy (non-hydrogen) atoms. The third-order valence-corrected chi connectivity index (χ3v) is 3.38. The maximum Gasteiger partial charge on any atom is 0.0617 e. The van der Waals surface area contributed by atoms with Crippen LogP contribution in [-0.2, 0) is 4.74 Å². The Bertz CT molecular complexity index is 244. The van der Waals surface area contributed by atoms with Crippen molar-refractivity contribution in [1.82, 2.24) is 0 Å². The van der Waals surface area contributed by atoms with Gasteiger partial charge in [-0.2, -0.15) is 0 Å². The van der Waals surface area contributed by atoms with Crippen molar-refractivity contribution < 1.29 is 9.84 Å². The minimum absolute atomic E-state index is 0.0185. The molecular weight excluding hydrogens is 312 g/mol. The highest BCUT2D eigenvalue weighted by Crippen LogP contribution is 2.03. The molecule has 0 saturated heterocycles. The van der Waals surface area contributed by atoms with E-state index < -0.39 is 0 Å². The van der Waals surface area contributed by atoms with E-state index in [1.807, 2.05) is 0 Å². The summed E-state index contributed by atoms with van der Waals surface area (Å²) in [5.41, 5.74) is 11.3. The first-order valence-electron chi connectivity index (χ1n) is 10.2. The van der Waals surface area contributed by atoms with E-state index in [1.165, 1.54) is 6.42 Å². The smallest absolute Gasteiger partial charge is 0.0617 e. The molecule has 4 heteroatoms. The summed E-state index contributed by atoms with van der Waals surface area (Å²) in [6.07, 6.45) is 3.27. The molecule has 156 valence electrons. The van der Waals surface area contributed by atoms with Gasteiger partial charge in [0.05, 0.1) is 13.2 Å². The number of nitrogens with two attached hydrogens (primary N) is 2. The average Bonchev–Trinajstić information content (AvgIpc) is 2.46. The fourth-order valence-electron chi connectivity index (χ4n) is 1.81. The Kier molecular flexibility index (Phi) is 23.9. The zero-order chi connectivity index (χ0) is 20.4. The normalized spacial score (nSPS) is 13.4. The number of aliphatic hydroxyl groups is 1. The van der Waals surface area contributed by atoms with E-state index in [4.69, 9.17) is 21.3 Å². The van der Waals surface area contributed by atoms with Crippen molar-refractivity contribution in [2.75, 3.05) is 19.8 Å². The molecular formula is C21H50N2O2. The highest BCUT2D eigenvalue weighted by atomic mass is 16.5. The van der Waals surface area contributed by atoms with Gasteiger partial charge in [-0.1, -0.05) is 68.7 Å². The molecule has 0 aromatic carbocycles. The first-order valence-corrected chi connectivity index (χ1v) is 10.2. The molecule has 0 radical (unpaired) electrons. The van der Waals surface area contributed by atoms with Gasteiger partial charge in [0.2, 0.25) is 0 Å². The summed E-state index contributed by atoms with van der Waals surface area (Å²) >= 11 is 0. The van der Waals surface area contributed by atoms with E-state index in [2.05, 4.69) is 62.3 Å². The molecule has 0 aliphatic heterocycles. The Morgan fingerprint density at radius 1 is 0.680 bits per heavy atom. The van der Waals surface area contributed by atoms with E-state index in [-0.39, 0.29) is 18.7 Å². The lowest BCUT2D eigenvalue weighted by atomic mass is 10.1. The summed E-state index contributed by atoms with van der Waals surface area (Å²) in [6, 6.07) is 0.193. The van der Waals surface area contributed by atoms with Gasteiger partial charge in [-0.25, -0.2) is 0 Å². The van der Waals surface area contributed by atoms with Crippen molar-refractivity contribution >= 4 is 0 Å². The van der Waals surface area contributed by atoms with Crippen LogP contribution in [0, 0.1) is 23.7 Å². The topological polar surface area (TPSA) is 81.5 Å². The summed E-state index contributed by atoms with van der Waals surface area (Å²) < 4.78 is 5.43. The van der Waals surface area contributed by atoms with E-state index in [9.17, 15) is 0 Å². The van der Waals surface area contributed by atoms with Gasteiger partial charge in [0.25, 0.3) is 0 Å². The third kappa shape index (κ3) is 35.7. The third-order valence-electron chi connectivity index (χ3n) is 3.38. The van der Waals surface area contributed by atoms with Crippen LogP contribution >= 0.6 is 0 Å². The van der Waals surface area contributed by atoms with Crippen LogP contribution < -0.4 is 11.5 Å². The zero-order valence-electron chi connectivity index (χ0n) is 18.7. The number of hydrogen-bond donors (Lipinski definition) is 3. The van der Waals surface area contributed by atoms with E-state index >= 15 is 0 Å². The predicted octanol–water partition coefficient (Wildman–Crippen LogP) is 4.44. The zero-order valence-corrected chi connectivity index (χ0v) is 18.7. The second-order valence-electron chi connectivity index (χ2n) is 8.70. The number of ether oxygens (including phenoxy) is 1. The Morgan fingerprint density at radius 2 is 1.08 bits per heavy atom. The minimum Gasteiger partial charge on any atom is -0.395 e. The van der Waals surface area contributed by atoms with Crippen molar-refractivity contribution in [2.24, 2.45) is 35.1 Å². The molecule has 0 aromatic heterocycles. The SMILES string of the molecule is CC(C)COC[C@@H](N)CC(C)C.CC(C)C[C@H](N)CO.CCC(C)C. The number of hydrogen-bond acceptors (Lipinski definition) is 4. The molecule has 0 heterocycles. The highest BCUT2D eigenvalue weighted by molar-refractivity contribution is 4.62. The summed E-state index contributed by atoms with van der Waals surface area (Å²) in [7, 11) is 0. The Balaban J connectivity index is -0.000000321. The maximum atomic E-state index is 8.46. The maximum absolute atomic E-state index is 8.46. The molecule has 4 nitrogen and oxygen atoms in total. The highest BCUT2D eigenvalue weighted by Gasteiger charge is 2.05. The van der Waals surface area contributed by atoms with Crippen LogP contribution in [0.15, 0.2) is 0 Å². The molecule has 0 spiro atoms. The van der Waals surface area contributed by atoms with Crippen LogP contribution in [0.1, 0.15) is 81.6 Å². The summed E-state index contributed by atoms with van der Waals surface area (Å²) in [6.45, 7) is 21.1. The molecule has 0 bridgehead atoms. The first kappa shape index (κ1) is 29.6. The van der Waals surface area contributed by atoms with Crippen LogP contribution in [0.3, 0.4) is 0 Å². The summed E-state index contributed by atoms with van der Waals surface area (Å²) in [5.74, 6) is 2.76. The van der Waals surface area contributed by atoms with E-state index in [1.54, 1.807) is 0 Å². The second-order valence-corrected chi connectivity index (χ2v) is 8.70. The minimum atomic E-state index is -0.0185. The van der Waals surface area contributed by atoms with Gasteiger partial charge >= 0.3 is 0 Å². The number of aliphatic hydroxyl groups excluding tert-OH is 1. The van der Waals surface area contributed by atoms with E-state index in [0.717, 1.165) is 25.4 Å². The number of rotatable bonds is 10. The van der Waals surface area contributed by atoms with Crippen molar-refractivity contribution in [2.45, 2.75) is 93.7 Å². The quantitative estimate of drug-likeness (QED) is 0.537. The standard InChI is InChI=1S/C10H23NO.C6H15NO.C5H12/c1-8(2)5-10(11)7-12-6-9(3)4;1-5(2)3-6(7)4-8;1-4-5(2)3/h8-10H,5-7,11H2,1-4H3;5-6,8H,3-4,7H2,1-2H3;5H,4H2,1-3H3/t10-;6-;/m00./s1. The second kappa shape index (κ2) is 20.2. The van der Waals surface area contributed by atoms with Crippen LogP contribution in [0.25, 0.3) is 0 Å². The fourth-order valence-corrected chi connectivity index (χ4v) is 1.81. The van der Waals surface area contributed by atoms with Crippen LogP contribution in [0.4, 0.5) is 0 Å². The van der Waals surface area contributed by atoms with Gasteiger partial charge in [-0.15, -0.1) is 0 Å². The fraction of sp³-hybridized carbons (Fsp3) is 1.00. The van der Waals surface area contributed by atoms with E-state index in [0.29, 0.717) is 24.4 Å². The molecule has 0 fully saturated rings. The van der Waals surface area contributed by atoms with Crippen molar-refractivity contribution in [3.8, 4) is 0 Å². The van der Waals surface area contributed by atoms with Crippen LogP contribution in [0.2, 0.25) is 0 Å². The Labute approximate surface area is 159 Å². The predicted molar refractivity (Wildman–Crippen MR) is 113 cm³/mol. The van der Waals surface area contributed by atoms with Crippen molar-refractivity contribution in [3.63, 3.8) is 0 Å². The molecule has 2 atom stereocenters. The van der Waals surface area contributed by atoms with Crippen LogP contribution in [0.5, 0.6) is 0 Å². The lowest BCUT2D eigenvalue weighted by molar-refractivity contribution is 0.0940. The average molecular weight is 363 g/mol. The Morgan fingerprint density at radius 3 is 1.32 bits per heavy atom. The van der Waals surface area contributed by atoms with Gasteiger partial charge in [0.1, 0.15) is 0 Å². The lowest BCUT2D eigenvalue weighted by Gasteiger charge is -2.14. The molecule has 0 aliphatic carbocycles. The monoisotopic (exact) mass is 362 g/mol. The molecule has 0 saturated carbocycles. The van der Waals surface area contributed by atoms with Gasteiger partial charge in [-0.3, -0.25) is 0 Å². The molecule has 0 aliphatic rings. The van der Waals surface area contributed by atoms with Gasteiger partial charge in [-0.05, 0) is 36.5 Å². The van der Waals surface area contributed by atoms with Gasteiger partial charge in [0, 0.05) is 18.7 Å². The van der Waals surface area contributed by atoms with Crippen molar-refractivity contribution in [1.29, 1.82) is 0 Å². The molecule has 0 amide bonds. The molecule has 0 aromatic rings. The van der Waals surface area contributed by atoms with Gasteiger partial charge < -0.3 is 21.3 Å². The van der Waals surface area contributed by atoms with Crippen LogP contribution in [-0.4, -0.2) is 37.0 Å². The molecule has 0 unspecified atom stereocenters. The summed E-state index contributed by atoms with van der Waals surface area (Å²) in [4.78, 5) is 0. The Hall–Kier alpha value is -0.160.